The Morgan fingerprint density at radius 3 is 2.67 bits per heavy atom. The molecule has 0 fully saturated rings. The summed E-state index contributed by atoms with van der Waals surface area (Å²) in [5.74, 6) is 0.864. The predicted molar refractivity (Wildman–Crippen MR) is 58.3 cm³/mol. The average Bonchev–Trinajstić information content (AvgIpc) is 2.70. The van der Waals surface area contributed by atoms with Crippen LogP contribution in [0.15, 0.2) is 34.9 Å². The Bertz CT molecular complexity index is 488. The summed E-state index contributed by atoms with van der Waals surface area (Å²) in [6.07, 6.45) is 1.56. The van der Waals surface area contributed by atoms with Gasteiger partial charge in [-0.15, -0.1) is 12.4 Å². The van der Waals surface area contributed by atoms with Crippen molar-refractivity contribution in [2.75, 3.05) is 5.73 Å². The predicted octanol–water partition coefficient (Wildman–Crippen LogP) is 2.22. The van der Waals surface area contributed by atoms with Crippen molar-refractivity contribution < 1.29 is 4.42 Å². The Hall–Kier alpha value is -1.99. The van der Waals surface area contributed by atoms with Crippen LogP contribution in [0.1, 0.15) is 5.56 Å². The molecule has 0 saturated heterocycles. The first-order valence-electron chi connectivity index (χ1n) is 4.02. The van der Waals surface area contributed by atoms with Crippen molar-refractivity contribution in [3.8, 4) is 17.5 Å². The quantitative estimate of drug-likeness (QED) is 0.801. The molecule has 0 aliphatic heterocycles. The summed E-state index contributed by atoms with van der Waals surface area (Å²) in [5.41, 5.74) is 6.57. The van der Waals surface area contributed by atoms with Crippen molar-refractivity contribution in [3.05, 3.63) is 36.1 Å². The van der Waals surface area contributed by atoms with Crippen LogP contribution in [0.4, 0.5) is 5.82 Å². The lowest BCUT2D eigenvalue weighted by Gasteiger charge is -1.99. The Balaban J connectivity index is 0.00000112. The average molecular weight is 222 g/mol. The summed E-state index contributed by atoms with van der Waals surface area (Å²) in [5, 5.41) is 8.65. The number of nitrogens with zero attached hydrogens (tertiary/aromatic N) is 2. The van der Waals surface area contributed by atoms with Gasteiger partial charge in [0.2, 0.25) is 0 Å². The number of anilines is 1. The molecule has 0 aliphatic rings. The maximum atomic E-state index is 8.65. The molecule has 2 heterocycles. The van der Waals surface area contributed by atoms with Gasteiger partial charge in [-0.05, 0) is 24.3 Å². The van der Waals surface area contributed by atoms with Gasteiger partial charge in [0.15, 0.2) is 5.76 Å². The minimum atomic E-state index is 0. The Morgan fingerprint density at radius 2 is 2.13 bits per heavy atom. The van der Waals surface area contributed by atoms with E-state index in [0.717, 1.165) is 0 Å². The minimum absolute atomic E-state index is 0. The number of hydrogen-bond acceptors (Lipinski definition) is 4. The minimum Gasteiger partial charge on any atom is -0.463 e. The number of rotatable bonds is 1. The molecule has 0 bridgehead atoms. The first-order chi connectivity index (χ1) is 6.81. The van der Waals surface area contributed by atoms with Crippen molar-refractivity contribution in [1.29, 1.82) is 5.26 Å². The zero-order chi connectivity index (χ0) is 9.97. The number of furan rings is 1. The molecule has 2 rings (SSSR count). The Kier molecular flexibility index (Phi) is 3.32. The second-order valence-electron chi connectivity index (χ2n) is 2.72. The third-order valence-electron chi connectivity index (χ3n) is 1.82. The van der Waals surface area contributed by atoms with E-state index in [1.807, 2.05) is 6.07 Å². The molecule has 2 aromatic heterocycles. The number of halogens is 1. The fourth-order valence-electron chi connectivity index (χ4n) is 1.13. The Morgan fingerprint density at radius 1 is 1.33 bits per heavy atom. The van der Waals surface area contributed by atoms with Crippen LogP contribution in [-0.2, 0) is 0 Å². The maximum Gasteiger partial charge on any atom is 0.152 e. The van der Waals surface area contributed by atoms with Gasteiger partial charge in [-0.2, -0.15) is 5.26 Å². The third kappa shape index (κ3) is 2.09. The number of nitrogens with two attached hydrogens (primary N) is 1. The molecule has 4 nitrogen and oxygen atoms in total. The molecule has 0 saturated carbocycles. The molecule has 76 valence electrons. The summed E-state index contributed by atoms with van der Waals surface area (Å²) in [6, 6.07) is 8.83. The first-order valence-corrected chi connectivity index (χ1v) is 4.02. The number of aromatic nitrogens is 1. The van der Waals surface area contributed by atoms with E-state index in [2.05, 4.69) is 4.98 Å². The molecule has 2 N–H and O–H groups in total. The van der Waals surface area contributed by atoms with Gasteiger partial charge in [-0.25, -0.2) is 4.98 Å². The Labute approximate surface area is 92.8 Å². The molecule has 15 heavy (non-hydrogen) atoms. The molecular formula is C10H8ClN3O. The lowest BCUT2D eigenvalue weighted by Crippen LogP contribution is -1.95. The van der Waals surface area contributed by atoms with Crippen molar-refractivity contribution >= 4 is 18.2 Å². The van der Waals surface area contributed by atoms with E-state index in [9.17, 15) is 0 Å². The molecule has 0 atom stereocenters. The van der Waals surface area contributed by atoms with Gasteiger partial charge in [0, 0.05) is 0 Å². The zero-order valence-corrected chi connectivity index (χ0v) is 8.49. The van der Waals surface area contributed by atoms with E-state index in [1.54, 1.807) is 30.5 Å². The second kappa shape index (κ2) is 4.49. The van der Waals surface area contributed by atoms with Crippen molar-refractivity contribution in [1.82, 2.24) is 4.98 Å². The van der Waals surface area contributed by atoms with E-state index in [1.165, 1.54) is 0 Å². The van der Waals surface area contributed by atoms with Crippen LogP contribution in [0.25, 0.3) is 11.5 Å². The standard InChI is InChI=1S/C10H7N3O.ClH/c11-6-7-3-4-8(13-10(7)12)9-2-1-5-14-9;/h1-5H,(H2,12,13);1H. The van der Waals surface area contributed by atoms with E-state index in [4.69, 9.17) is 15.4 Å². The summed E-state index contributed by atoms with van der Waals surface area (Å²) < 4.78 is 5.15. The summed E-state index contributed by atoms with van der Waals surface area (Å²) in [6.45, 7) is 0. The van der Waals surface area contributed by atoms with Crippen LogP contribution >= 0.6 is 12.4 Å². The maximum absolute atomic E-state index is 8.65. The molecule has 0 spiro atoms. The lowest BCUT2D eigenvalue weighted by atomic mass is 10.2. The van der Waals surface area contributed by atoms with Gasteiger partial charge < -0.3 is 10.2 Å². The highest BCUT2D eigenvalue weighted by molar-refractivity contribution is 5.85. The largest absolute Gasteiger partial charge is 0.463 e. The van der Waals surface area contributed by atoms with E-state index >= 15 is 0 Å². The van der Waals surface area contributed by atoms with Crippen molar-refractivity contribution in [2.24, 2.45) is 0 Å². The summed E-state index contributed by atoms with van der Waals surface area (Å²) in [4.78, 5) is 4.05. The topological polar surface area (TPSA) is 75.8 Å². The fraction of sp³-hybridized carbons (Fsp3) is 0. The molecule has 0 radical (unpaired) electrons. The van der Waals surface area contributed by atoms with Gasteiger partial charge in [-0.3, -0.25) is 0 Å². The normalized spacial score (nSPS) is 9.00. The molecule has 5 heteroatoms. The molecule has 2 aromatic rings. The molecule has 0 aromatic carbocycles. The van der Waals surface area contributed by atoms with Crippen molar-refractivity contribution in [2.45, 2.75) is 0 Å². The van der Waals surface area contributed by atoms with Gasteiger partial charge in [0.1, 0.15) is 17.6 Å². The summed E-state index contributed by atoms with van der Waals surface area (Å²) in [7, 11) is 0. The van der Waals surface area contributed by atoms with Crippen LogP contribution < -0.4 is 5.73 Å². The summed E-state index contributed by atoms with van der Waals surface area (Å²) >= 11 is 0. The fourth-order valence-corrected chi connectivity index (χ4v) is 1.13. The van der Waals surface area contributed by atoms with Gasteiger partial charge in [0.05, 0.1) is 11.8 Å². The molecule has 0 unspecified atom stereocenters. The monoisotopic (exact) mass is 221 g/mol. The van der Waals surface area contributed by atoms with E-state index in [-0.39, 0.29) is 18.2 Å². The molecule has 0 amide bonds. The van der Waals surface area contributed by atoms with Crippen molar-refractivity contribution in [3.63, 3.8) is 0 Å². The van der Waals surface area contributed by atoms with Crippen LogP contribution in [0.5, 0.6) is 0 Å². The number of nitriles is 1. The second-order valence-corrected chi connectivity index (χ2v) is 2.72. The van der Waals surface area contributed by atoms with E-state index in [0.29, 0.717) is 17.0 Å². The molecular weight excluding hydrogens is 214 g/mol. The third-order valence-corrected chi connectivity index (χ3v) is 1.82. The number of pyridine rings is 1. The number of hydrogen-bond donors (Lipinski definition) is 1. The van der Waals surface area contributed by atoms with Gasteiger partial charge in [0.25, 0.3) is 0 Å². The van der Waals surface area contributed by atoms with E-state index < -0.39 is 0 Å². The number of nitrogen functional groups attached to an aromatic ring is 1. The lowest BCUT2D eigenvalue weighted by molar-refractivity contribution is 0.580. The van der Waals surface area contributed by atoms with Crippen LogP contribution in [0, 0.1) is 11.3 Å². The van der Waals surface area contributed by atoms with Gasteiger partial charge in [-0.1, -0.05) is 0 Å². The van der Waals surface area contributed by atoms with Crippen LogP contribution in [0.2, 0.25) is 0 Å². The first kappa shape index (κ1) is 11.1. The SMILES string of the molecule is Cl.N#Cc1ccc(-c2ccco2)nc1N. The highest BCUT2D eigenvalue weighted by Gasteiger charge is 2.05. The van der Waals surface area contributed by atoms with Crippen LogP contribution in [0.3, 0.4) is 0 Å². The zero-order valence-electron chi connectivity index (χ0n) is 7.68. The molecule has 0 aliphatic carbocycles. The smallest absolute Gasteiger partial charge is 0.152 e. The van der Waals surface area contributed by atoms with Gasteiger partial charge >= 0.3 is 0 Å². The van der Waals surface area contributed by atoms with Crippen LogP contribution in [-0.4, -0.2) is 4.98 Å². The highest BCUT2D eigenvalue weighted by Crippen LogP contribution is 2.19. The highest BCUT2D eigenvalue weighted by atomic mass is 35.5.